The quantitative estimate of drug-likeness (QED) is 0.372. The summed E-state index contributed by atoms with van der Waals surface area (Å²) in [6.07, 6.45) is -8.56. The lowest BCUT2D eigenvalue weighted by atomic mass is 9.97. The Labute approximate surface area is 115 Å². The Kier molecular flexibility index (Phi) is 3.91. The first-order valence-electron chi connectivity index (χ1n) is 5.74. The van der Waals surface area contributed by atoms with E-state index in [0.29, 0.717) is 10.8 Å². The second-order valence-corrected chi connectivity index (χ2v) is 4.46. The third-order valence-electron chi connectivity index (χ3n) is 3.07. The second kappa shape index (κ2) is 5.37. The highest BCUT2D eigenvalue weighted by Gasteiger charge is 2.47. The zero-order valence-corrected chi connectivity index (χ0v) is 10.3. The van der Waals surface area contributed by atoms with Crippen molar-refractivity contribution < 1.29 is 29.2 Å². The molecule has 1 saturated heterocycles. The van der Waals surface area contributed by atoms with Crippen LogP contribution in [-0.4, -0.2) is 55.2 Å². The molecular formula is C10H12FN3O7. The number of primary amides is 1. The van der Waals surface area contributed by atoms with E-state index in [1.807, 2.05) is 0 Å². The van der Waals surface area contributed by atoms with Gasteiger partial charge in [-0.25, -0.2) is 4.79 Å². The van der Waals surface area contributed by atoms with Crippen LogP contribution in [0.4, 0.5) is 4.39 Å². The molecule has 0 spiro atoms. The first-order chi connectivity index (χ1) is 9.73. The number of carbonyl (C=O) groups is 1. The van der Waals surface area contributed by atoms with Gasteiger partial charge in [-0.05, 0) is 0 Å². The molecule has 2 heterocycles. The molecule has 21 heavy (non-hydrogen) atoms. The number of hydrogen-bond acceptors (Lipinski definition) is 7. The molecule has 1 aliphatic heterocycles. The highest BCUT2D eigenvalue weighted by molar-refractivity contribution is 5.79. The van der Waals surface area contributed by atoms with Crippen LogP contribution in [0.1, 0.15) is 6.23 Å². The molecule has 1 amide bonds. The van der Waals surface area contributed by atoms with E-state index in [9.17, 15) is 34.1 Å². The third kappa shape index (κ3) is 2.58. The van der Waals surface area contributed by atoms with Gasteiger partial charge in [-0.1, -0.05) is 0 Å². The lowest BCUT2D eigenvalue weighted by Crippen LogP contribution is -2.60. The molecule has 1 aromatic heterocycles. The Morgan fingerprint density at radius 2 is 1.90 bits per heavy atom. The number of aliphatic hydroxyl groups excluding tert-OH is 3. The summed E-state index contributed by atoms with van der Waals surface area (Å²) in [5.74, 6) is -2.50. The molecule has 10 nitrogen and oxygen atoms in total. The van der Waals surface area contributed by atoms with Gasteiger partial charge in [0.05, 0.1) is 6.20 Å². The molecule has 0 aromatic carbocycles. The van der Waals surface area contributed by atoms with Crippen LogP contribution >= 0.6 is 0 Å². The number of nitrogens with two attached hydrogens (primary N) is 1. The topological polar surface area (TPSA) is 168 Å². The number of halogens is 1. The van der Waals surface area contributed by atoms with Crippen molar-refractivity contribution in [3.63, 3.8) is 0 Å². The SMILES string of the molecule is NC(=O)[C@H]1O[C@@H](n2cc(F)c(=O)[nH]c2=O)[C@H](O)[C@@H](O)[C@@H]1O. The maximum absolute atomic E-state index is 13.2. The molecule has 1 aliphatic rings. The van der Waals surface area contributed by atoms with Gasteiger partial charge in [-0.3, -0.25) is 19.1 Å². The molecule has 0 radical (unpaired) electrons. The van der Waals surface area contributed by atoms with E-state index in [4.69, 9.17) is 10.5 Å². The summed E-state index contributed by atoms with van der Waals surface area (Å²) in [4.78, 5) is 35.3. The van der Waals surface area contributed by atoms with Crippen molar-refractivity contribution in [1.82, 2.24) is 9.55 Å². The number of nitrogens with zero attached hydrogens (tertiary/aromatic N) is 1. The number of ether oxygens (including phenoxy) is 1. The van der Waals surface area contributed by atoms with E-state index < -0.39 is 53.6 Å². The Morgan fingerprint density at radius 3 is 2.48 bits per heavy atom. The number of aromatic nitrogens is 2. The lowest BCUT2D eigenvalue weighted by Gasteiger charge is -2.39. The van der Waals surface area contributed by atoms with Gasteiger partial charge in [0.25, 0.3) is 5.56 Å². The molecule has 0 bridgehead atoms. The molecule has 1 aromatic rings. The third-order valence-corrected chi connectivity index (χ3v) is 3.07. The van der Waals surface area contributed by atoms with Gasteiger partial charge < -0.3 is 25.8 Å². The number of hydrogen-bond donors (Lipinski definition) is 5. The Hall–Kier alpha value is -2.08. The van der Waals surface area contributed by atoms with E-state index in [0.717, 1.165) is 0 Å². The fraction of sp³-hybridized carbons (Fsp3) is 0.500. The molecule has 6 N–H and O–H groups in total. The van der Waals surface area contributed by atoms with Crippen molar-refractivity contribution in [1.29, 1.82) is 0 Å². The van der Waals surface area contributed by atoms with Crippen molar-refractivity contribution in [3.05, 3.63) is 32.9 Å². The first kappa shape index (κ1) is 15.3. The maximum atomic E-state index is 13.2. The molecule has 2 rings (SSSR count). The van der Waals surface area contributed by atoms with Gasteiger partial charge in [0.2, 0.25) is 11.7 Å². The molecule has 116 valence electrons. The van der Waals surface area contributed by atoms with Crippen LogP contribution in [0.15, 0.2) is 15.8 Å². The number of rotatable bonds is 2. The lowest BCUT2D eigenvalue weighted by molar-refractivity contribution is -0.241. The summed E-state index contributed by atoms with van der Waals surface area (Å²) < 4.78 is 18.6. The second-order valence-electron chi connectivity index (χ2n) is 4.46. The minimum Gasteiger partial charge on any atom is -0.387 e. The van der Waals surface area contributed by atoms with E-state index in [2.05, 4.69) is 0 Å². The first-order valence-corrected chi connectivity index (χ1v) is 5.74. The van der Waals surface area contributed by atoms with Crippen molar-refractivity contribution in [2.24, 2.45) is 5.73 Å². The Bertz CT molecular complexity index is 671. The van der Waals surface area contributed by atoms with Gasteiger partial charge in [0.1, 0.15) is 18.3 Å². The molecule has 0 aliphatic carbocycles. The van der Waals surface area contributed by atoms with Gasteiger partial charge >= 0.3 is 5.69 Å². The normalized spacial score (nSPS) is 32.9. The van der Waals surface area contributed by atoms with Crippen molar-refractivity contribution in [2.45, 2.75) is 30.6 Å². The van der Waals surface area contributed by atoms with Crippen molar-refractivity contribution >= 4 is 5.91 Å². The summed E-state index contributed by atoms with van der Waals surface area (Å²) in [5.41, 5.74) is 2.54. The monoisotopic (exact) mass is 305 g/mol. The van der Waals surface area contributed by atoms with Crippen LogP contribution in [-0.2, 0) is 9.53 Å². The minimum absolute atomic E-state index is 0.437. The molecular weight excluding hydrogens is 293 g/mol. The standard InChI is InChI=1S/C10H12FN3O7/c11-2-1-14(10(20)13-8(2)19)9-5(17)3(15)4(16)6(21-9)7(12)18/h1,3-6,9,15-17H,(H2,12,18)(H,13,19,20)/t3-,4-,5+,6-,9+/m0/s1. The number of aliphatic hydroxyl groups is 3. The van der Waals surface area contributed by atoms with Crippen LogP contribution in [0.25, 0.3) is 0 Å². The van der Waals surface area contributed by atoms with Crippen molar-refractivity contribution in [3.8, 4) is 0 Å². The summed E-state index contributed by atoms with van der Waals surface area (Å²) >= 11 is 0. The number of aromatic amines is 1. The fourth-order valence-electron chi connectivity index (χ4n) is 1.98. The molecule has 11 heteroatoms. The maximum Gasteiger partial charge on any atom is 0.330 e. The summed E-state index contributed by atoms with van der Waals surface area (Å²) in [5, 5.41) is 29.0. The fourth-order valence-corrected chi connectivity index (χ4v) is 1.98. The van der Waals surface area contributed by atoms with Crippen LogP contribution in [0.2, 0.25) is 0 Å². The predicted octanol–water partition coefficient (Wildman–Crippen LogP) is -3.86. The summed E-state index contributed by atoms with van der Waals surface area (Å²) in [7, 11) is 0. The summed E-state index contributed by atoms with van der Waals surface area (Å²) in [6, 6.07) is 0. The number of H-pyrrole nitrogens is 1. The van der Waals surface area contributed by atoms with Crippen LogP contribution in [0.3, 0.4) is 0 Å². The zero-order chi connectivity index (χ0) is 15.9. The molecule has 5 atom stereocenters. The highest BCUT2D eigenvalue weighted by atomic mass is 19.1. The van der Waals surface area contributed by atoms with Crippen LogP contribution in [0.5, 0.6) is 0 Å². The van der Waals surface area contributed by atoms with Gasteiger partial charge in [0.15, 0.2) is 12.3 Å². The zero-order valence-electron chi connectivity index (χ0n) is 10.3. The average molecular weight is 305 g/mol. The van der Waals surface area contributed by atoms with E-state index in [-0.39, 0.29) is 0 Å². The average Bonchev–Trinajstić information content (AvgIpc) is 2.41. The minimum atomic E-state index is -1.87. The number of carbonyl (C=O) groups excluding carboxylic acids is 1. The molecule has 0 saturated carbocycles. The number of amides is 1. The van der Waals surface area contributed by atoms with Crippen molar-refractivity contribution in [2.75, 3.05) is 0 Å². The Balaban J connectivity index is 2.47. The van der Waals surface area contributed by atoms with Gasteiger partial charge in [0, 0.05) is 0 Å². The molecule has 0 unspecified atom stereocenters. The van der Waals surface area contributed by atoms with E-state index >= 15 is 0 Å². The highest BCUT2D eigenvalue weighted by Crippen LogP contribution is 2.27. The van der Waals surface area contributed by atoms with Crippen LogP contribution in [0, 0.1) is 5.82 Å². The summed E-state index contributed by atoms with van der Waals surface area (Å²) in [6.45, 7) is 0. The van der Waals surface area contributed by atoms with E-state index in [1.54, 1.807) is 4.98 Å². The van der Waals surface area contributed by atoms with Gasteiger partial charge in [-0.15, -0.1) is 0 Å². The smallest absolute Gasteiger partial charge is 0.330 e. The Morgan fingerprint density at radius 1 is 1.29 bits per heavy atom. The predicted molar refractivity (Wildman–Crippen MR) is 62.4 cm³/mol. The van der Waals surface area contributed by atoms with Crippen LogP contribution < -0.4 is 17.0 Å². The molecule has 1 fully saturated rings. The van der Waals surface area contributed by atoms with Gasteiger partial charge in [-0.2, -0.15) is 4.39 Å². The largest absolute Gasteiger partial charge is 0.387 e. The number of nitrogens with one attached hydrogen (secondary N) is 1. The van der Waals surface area contributed by atoms with E-state index in [1.165, 1.54) is 0 Å².